The molecule has 1 aromatic rings. The molecular weight excluding hydrogens is 271 g/mol. The Morgan fingerprint density at radius 3 is 2.72 bits per heavy atom. The largest absolute Gasteiger partial charge is 0.477 e. The number of rotatable bonds is 7. The van der Waals surface area contributed by atoms with Crippen LogP contribution in [0, 0.1) is 0 Å². The van der Waals surface area contributed by atoms with Crippen molar-refractivity contribution in [3.8, 4) is 0 Å². The molecule has 1 rings (SSSR count). The molecule has 0 fully saturated rings. The first-order valence-corrected chi connectivity index (χ1v) is 5.87. The third kappa shape index (κ3) is 5.99. The van der Waals surface area contributed by atoms with E-state index in [1.165, 1.54) is 6.07 Å². The number of halogens is 3. The lowest BCUT2D eigenvalue weighted by atomic mass is 10.4. The van der Waals surface area contributed by atoms with Crippen LogP contribution in [0.5, 0.6) is 0 Å². The quantitative estimate of drug-likeness (QED) is 0.753. The minimum absolute atomic E-state index is 0.0450. The molecule has 2 N–H and O–H groups in total. The van der Waals surface area contributed by atoms with Gasteiger partial charge in [0.2, 0.25) is 0 Å². The zero-order valence-electron chi connectivity index (χ0n) is 9.29. The molecule has 102 valence electrons. The number of aromatic carboxylic acids is 1. The highest BCUT2D eigenvalue weighted by molar-refractivity contribution is 7.13. The van der Waals surface area contributed by atoms with Crippen LogP contribution in [0.1, 0.15) is 14.5 Å². The molecule has 0 spiro atoms. The number of alkyl halides is 3. The molecule has 1 aromatic heterocycles. The maximum Gasteiger partial charge on any atom is 0.411 e. The summed E-state index contributed by atoms with van der Waals surface area (Å²) in [7, 11) is 0. The summed E-state index contributed by atoms with van der Waals surface area (Å²) in [6, 6.07) is 3.15. The Morgan fingerprint density at radius 2 is 2.17 bits per heavy atom. The first kappa shape index (κ1) is 14.9. The van der Waals surface area contributed by atoms with Crippen molar-refractivity contribution in [1.29, 1.82) is 0 Å². The SMILES string of the molecule is O=C(O)c1ccc(CNCCOCC(F)(F)F)s1. The maximum absolute atomic E-state index is 11.7. The van der Waals surface area contributed by atoms with Crippen LogP contribution in [0.3, 0.4) is 0 Å². The average Bonchev–Trinajstić information content (AvgIpc) is 2.70. The fourth-order valence-corrected chi connectivity index (χ4v) is 1.95. The van der Waals surface area contributed by atoms with Crippen LogP contribution < -0.4 is 5.32 Å². The number of hydrogen-bond donors (Lipinski definition) is 2. The van der Waals surface area contributed by atoms with E-state index in [9.17, 15) is 18.0 Å². The van der Waals surface area contributed by atoms with E-state index in [4.69, 9.17) is 5.11 Å². The third-order valence-electron chi connectivity index (χ3n) is 1.86. The van der Waals surface area contributed by atoms with Crippen molar-refractivity contribution < 1.29 is 27.8 Å². The van der Waals surface area contributed by atoms with Crippen molar-refractivity contribution >= 4 is 17.3 Å². The normalized spacial score (nSPS) is 11.7. The lowest BCUT2D eigenvalue weighted by molar-refractivity contribution is -0.173. The van der Waals surface area contributed by atoms with Crippen molar-refractivity contribution in [1.82, 2.24) is 5.32 Å². The highest BCUT2D eigenvalue weighted by Gasteiger charge is 2.27. The summed E-state index contributed by atoms with van der Waals surface area (Å²) in [6.45, 7) is -0.614. The fourth-order valence-electron chi connectivity index (χ4n) is 1.13. The number of thiophene rings is 1. The van der Waals surface area contributed by atoms with Crippen LogP contribution in [0.2, 0.25) is 0 Å². The average molecular weight is 283 g/mol. The number of nitrogens with one attached hydrogen (secondary N) is 1. The smallest absolute Gasteiger partial charge is 0.411 e. The predicted molar refractivity (Wildman–Crippen MR) is 59.9 cm³/mol. The van der Waals surface area contributed by atoms with E-state index in [1.54, 1.807) is 6.07 Å². The molecule has 0 amide bonds. The first-order chi connectivity index (χ1) is 8.38. The van der Waals surface area contributed by atoms with Gasteiger partial charge in [0, 0.05) is 18.0 Å². The minimum atomic E-state index is -4.30. The van der Waals surface area contributed by atoms with Crippen LogP contribution in [0.4, 0.5) is 13.2 Å². The van der Waals surface area contributed by atoms with Gasteiger partial charge in [0.25, 0.3) is 0 Å². The standard InChI is InChI=1S/C10H12F3NO3S/c11-10(12,13)6-17-4-3-14-5-7-1-2-8(18-7)9(15)16/h1-2,14H,3-6H2,(H,15,16). The number of carboxylic acid groups (broad SMARTS) is 1. The molecule has 8 heteroatoms. The van der Waals surface area contributed by atoms with E-state index in [1.807, 2.05) is 0 Å². The summed E-state index contributed by atoms with van der Waals surface area (Å²) in [5, 5.41) is 11.5. The summed E-state index contributed by atoms with van der Waals surface area (Å²) in [5.41, 5.74) is 0. The van der Waals surface area contributed by atoms with Crippen LogP contribution in [-0.4, -0.2) is 37.0 Å². The van der Waals surface area contributed by atoms with E-state index in [-0.39, 0.29) is 18.0 Å². The Morgan fingerprint density at radius 1 is 1.44 bits per heavy atom. The summed E-state index contributed by atoms with van der Waals surface area (Å²) < 4.78 is 39.5. The lowest BCUT2D eigenvalue weighted by Crippen LogP contribution is -2.23. The molecule has 0 saturated carbocycles. The maximum atomic E-state index is 11.7. The molecule has 0 saturated heterocycles. The van der Waals surface area contributed by atoms with E-state index >= 15 is 0 Å². The Balaban J connectivity index is 2.12. The van der Waals surface area contributed by atoms with Gasteiger partial charge in [-0.05, 0) is 12.1 Å². The highest BCUT2D eigenvalue weighted by Crippen LogP contribution is 2.16. The lowest BCUT2D eigenvalue weighted by Gasteiger charge is -2.07. The van der Waals surface area contributed by atoms with E-state index in [0.29, 0.717) is 6.54 Å². The Kier molecular flexibility index (Phi) is 5.57. The second-order valence-corrected chi connectivity index (χ2v) is 4.58. The van der Waals surface area contributed by atoms with Crippen molar-refractivity contribution in [2.45, 2.75) is 12.7 Å². The van der Waals surface area contributed by atoms with Gasteiger partial charge in [-0.15, -0.1) is 11.3 Å². The Bertz CT molecular complexity index is 392. The molecule has 0 radical (unpaired) electrons. The van der Waals surface area contributed by atoms with E-state index < -0.39 is 18.8 Å². The predicted octanol–water partition coefficient (Wildman–Crippen LogP) is 2.11. The molecule has 18 heavy (non-hydrogen) atoms. The molecule has 0 unspecified atom stereocenters. The minimum Gasteiger partial charge on any atom is -0.477 e. The van der Waals surface area contributed by atoms with Crippen LogP contribution in [0.15, 0.2) is 12.1 Å². The second-order valence-electron chi connectivity index (χ2n) is 3.42. The van der Waals surface area contributed by atoms with Gasteiger partial charge in [0.1, 0.15) is 11.5 Å². The van der Waals surface area contributed by atoms with Gasteiger partial charge in [-0.2, -0.15) is 13.2 Å². The summed E-state index contributed by atoms with van der Waals surface area (Å²) in [4.78, 5) is 11.6. The van der Waals surface area contributed by atoms with Gasteiger partial charge in [-0.3, -0.25) is 0 Å². The zero-order valence-corrected chi connectivity index (χ0v) is 10.1. The number of ether oxygens (including phenoxy) is 1. The van der Waals surface area contributed by atoms with Crippen LogP contribution in [0.25, 0.3) is 0 Å². The molecule has 0 aliphatic carbocycles. The van der Waals surface area contributed by atoms with Crippen molar-refractivity contribution in [2.75, 3.05) is 19.8 Å². The molecule has 0 atom stereocenters. The third-order valence-corrected chi connectivity index (χ3v) is 2.93. The van der Waals surface area contributed by atoms with Gasteiger partial charge in [0.05, 0.1) is 6.61 Å². The molecule has 4 nitrogen and oxygen atoms in total. The molecule has 0 aromatic carbocycles. The second kappa shape index (κ2) is 6.72. The van der Waals surface area contributed by atoms with Gasteiger partial charge in [-0.1, -0.05) is 0 Å². The first-order valence-electron chi connectivity index (χ1n) is 5.06. The highest BCUT2D eigenvalue weighted by atomic mass is 32.1. The van der Waals surface area contributed by atoms with Gasteiger partial charge >= 0.3 is 12.1 Å². The number of hydrogen-bond acceptors (Lipinski definition) is 4. The molecule has 0 bridgehead atoms. The topological polar surface area (TPSA) is 58.6 Å². The van der Waals surface area contributed by atoms with Gasteiger partial charge in [0.15, 0.2) is 0 Å². The fraction of sp³-hybridized carbons (Fsp3) is 0.500. The van der Waals surface area contributed by atoms with Crippen LogP contribution in [-0.2, 0) is 11.3 Å². The van der Waals surface area contributed by atoms with Gasteiger partial charge < -0.3 is 15.2 Å². The summed E-state index contributed by atoms with van der Waals surface area (Å²) in [6.07, 6.45) is -4.30. The zero-order chi connectivity index (χ0) is 13.6. The number of carboxylic acids is 1. The summed E-state index contributed by atoms with van der Waals surface area (Å²) in [5.74, 6) is -0.986. The monoisotopic (exact) mass is 283 g/mol. The molecule has 1 heterocycles. The number of carbonyl (C=O) groups is 1. The van der Waals surface area contributed by atoms with Crippen molar-refractivity contribution in [3.63, 3.8) is 0 Å². The van der Waals surface area contributed by atoms with Crippen molar-refractivity contribution in [2.24, 2.45) is 0 Å². The Labute approximate surface area is 105 Å². The van der Waals surface area contributed by atoms with Gasteiger partial charge in [-0.25, -0.2) is 4.79 Å². The molecule has 0 aliphatic rings. The van der Waals surface area contributed by atoms with E-state index in [0.717, 1.165) is 16.2 Å². The van der Waals surface area contributed by atoms with E-state index in [2.05, 4.69) is 10.1 Å². The molecular formula is C10H12F3NO3S. The molecule has 0 aliphatic heterocycles. The summed E-state index contributed by atoms with van der Waals surface area (Å²) >= 11 is 1.13. The van der Waals surface area contributed by atoms with Crippen LogP contribution >= 0.6 is 11.3 Å². The Hall–Kier alpha value is -1.12. The van der Waals surface area contributed by atoms with Crippen molar-refractivity contribution in [3.05, 3.63) is 21.9 Å².